The van der Waals surface area contributed by atoms with Crippen molar-refractivity contribution in [3.63, 3.8) is 0 Å². The summed E-state index contributed by atoms with van der Waals surface area (Å²) in [7, 11) is -3.76. The van der Waals surface area contributed by atoms with Crippen molar-refractivity contribution in [2.24, 2.45) is 0 Å². The molecule has 1 atom stereocenters. The molecule has 130 valence electrons. The summed E-state index contributed by atoms with van der Waals surface area (Å²) in [5.41, 5.74) is 0. The monoisotopic (exact) mass is 347 g/mol. The molecule has 0 bridgehead atoms. The number of hydrogen-bond acceptors (Lipinski definition) is 6. The van der Waals surface area contributed by atoms with Crippen LogP contribution in [0.4, 0.5) is 4.79 Å². The Morgan fingerprint density at radius 3 is 2.26 bits per heavy atom. The maximum absolute atomic E-state index is 12.5. The predicted octanol–water partition coefficient (Wildman–Crippen LogP) is -0.762. The summed E-state index contributed by atoms with van der Waals surface area (Å²) in [5.74, 6) is -0.930. The average molecular weight is 347 g/mol. The highest BCUT2D eigenvalue weighted by Crippen LogP contribution is 2.24. The van der Waals surface area contributed by atoms with Crippen molar-refractivity contribution < 1.29 is 27.5 Å². The lowest BCUT2D eigenvalue weighted by Crippen LogP contribution is -2.55. The number of carbonyl (C=O) groups excluding carboxylic acids is 3. The van der Waals surface area contributed by atoms with Gasteiger partial charge < -0.3 is 14.5 Å². The Bertz CT molecular complexity index is 597. The Hall–Kier alpha value is -1.84. The fourth-order valence-electron chi connectivity index (χ4n) is 2.84. The van der Waals surface area contributed by atoms with Gasteiger partial charge in [0.2, 0.25) is 21.8 Å². The Morgan fingerprint density at radius 1 is 1.17 bits per heavy atom. The van der Waals surface area contributed by atoms with Gasteiger partial charge in [-0.05, 0) is 13.3 Å². The van der Waals surface area contributed by atoms with Crippen molar-refractivity contribution in [2.45, 2.75) is 25.8 Å². The van der Waals surface area contributed by atoms with Crippen molar-refractivity contribution in [1.82, 2.24) is 14.1 Å². The quantitative estimate of drug-likeness (QED) is 0.664. The molecule has 0 spiro atoms. The molecule has 1 unspecified atom stereocenters. The van der Waals surface area contributed by atoms with E-state index in [4.69, 9.17) is 4.74 Å². The topological polar surface area (TPSA) is 104 Å². The molecule has 2 saturated heterocycles. The molecule has 0 aromatic rings. The summed E-state index contributed by atoms with van der Waals surface area (Å²) in [6, 6.07) is -0.966. The first-order chi connectivity index (χ1) is 10.8. The zero-order valence-corrected chi connectivity index (χ0v) is 14.0. The normalized spacial score (nSPS) is 22.4. The van der Waals surface area contributed by atoms with Crippen LogP contribution in [-0.2, 0) is 24.3 Å². The number of hydrogen-bond donors (Lipinski definition) is 0. The van der Waals surface area contributed by atoms with Crippen molar-refractivity contribution in [3.05, 3.63) is 0 Å². The number of piperazine rings is 1. The largest absolute Gasteiger partial charge is 0.450 e. The number of ether oxygens (including phenoxy) is 1. The molecule has 0 N–H and O–H groups in total. The highest BCUT2D eigenvalue weighted by atomic mass is 32.2. The molecule has 0 radical (unpaired) electrons. The summed E-state index contributed by atoms with van der Waals surface area (Å²) < 4.78 is 29.0. The van der Waals surface area contributed by atoms with Crippen molar-refractivity contribution in [1.29, 1.82) is 0 Å². The van der Waals surface area contributed by atoms with E-state index in [-0.39, 0.29) is 25.4 Å². The summed E-state index contributed by atoms with van der Waals surface area (Å²) in [6.45, 7) is 3.23. The molecule has 0 aromatic heterocycles. The third kappa shape index (κ3) is 3.74. The fourth-order valence-corrected chi connectivity index (χ4v) is 3.96. The van der Waals surface area contributed by atoms with E-state index in [0.29, 0.717) is 30.5 Å². The Labute approximate surface area is 135 Å². The van der Waals surface area contributed by atoms with Crippen molar-refractivity contribution >= 4 is 27.9 Å². The molecule has 0 aromatic carbocycles. The second-order valence-electron chi connectivity index (χ2n) is 5.52. The zero-order valence-electron chi connectivity index (χ0n) is 13.2. The van der Waals surface area contributed by atoms with Crippen LogP contribution in [0.5, 0.6) is 0 Å². The first-order valence-corrected chi connectivity index (χ1v) is 9.33. The van der Waals surface area contributed by atoms with E-state index < -0.39 is 28.1 Å². The van der Waals surface area contributed by atoms with E-state index in [1.54, 1.807) is 6.92 Å². The predicted molar refractivity (Wildman–Crippen MR) is 79.9 cm³/mol. The minimum absolute atomic E-state index is 0.0479. The number of rotatable bonds is 3. The van der Waals surface area contributed by atoms with Crippen molar-refractivity contribution in [2.75, 3.05) is 39.0 Å². The van der Waals surface area contributed by atoms with Crippen LogP contribution < -0.4 is 0 Å². The highest BCUT2D eigenvalue weighted by Gasteiger charge is 2.43. The highest BCUT2D eigenvalue weighted by molar-refractivity contribution is 7.89. The third-order valence-electron chi connectivity index (χ3n) is 3.92. The molecule has 2 aliphatic heterocycles. The van der Waals surface area contributed by atoms with E-state index in [0.717, 1.165) is 6.26 Å². The fraction of sp³-hybridized carbons (Fsp3) is 0.769. The lowest BCUT2D eigenvalue weighted by molar-refractivity contribution is -0.139. The number of nitrogens with zero attached hydrogens (tertiary/aromatic N) is 3. The van der Waals surface area contributed by atoms with Gasteiger partial charge in [0.25, 0.3) is 0 Å². The summed E-state index contributed by atoms with van der Waals surface area (Å²) in [5, 5.41) is 0. The van der Waals surface area contributed by atoms with Gasteiger partial charge in [0.15, 0.2) is 0 Å². The first-order valence-electron chi connectivity index (χ1n) is 7.48. The lowest BCUT2D eigenvalue weighted by atomic mass is 10.2. The maximum atomic E-state index is 12.5. The smallest absolute Gasteiger partial charge is 0.409 e. The standard InChI is InChI=1S/C13H21N3O6S/c1-3-22-13(19)15-8-6-14(7-9-15)12(18)10-4-5-11(17)16(10)23(2,20)21/h10H,3-9H2,1-2H3. The molecule has 3 amide bonds. The van der Waals surface area contributed by atoms with Crippen LogP contribution in [0.25, 0.3) is 0 Å². The van der Waals surface area contributed by atoms with Crippen LogP contribution in [0.2, 0.25) is 0 Å². The van der Waals surface area contributed by atoms with Gasteiger partial charge in [-0.15, -0.1) is 0 Å². The summed E-state index contributed by atoms with van der Waals surface area (Å²) >= 11 is 0. The van der Waals surface area contributed by atoms with Crippen LogP contribution in [0.15, 0.2) is 0 Å². The van der Waals surface area contributed by atoms with E-state index >= 15 is 0 Å². The van der Waals surface area contributed by atoms with Gasteiger partial charge in [0, 0.05) is 32.6 Å². The lowest BCUT2D eigenvalue weighted by Gasteiger charge is -2.36. The van der Waals surface area contributed by atoms with Crippen LogP contribution in [-0.4, -0.2) is 85.5 Å². The minimum atomic E-state index is -3.76. The number of sulfonamides is 1. The van der Waals surface area contributed by atoms with E-state index in [2.05, 4.69) is 0 Å². The Morgan fingerprint density at radius 2 is 1.74 bits per heavy atom. The van der Waals surface area contributed by atoms with Crippen LogP contribution >= 0.6 is 0 Å². The first kappa shape index (κ1) is 17.5. The molecule has 2 aliphatic rings. The van der Waals surface area contributed by atoms with Gasteiger partial charge >= 0.3 is 6.09 Å². The summed E-state index contributed by atoms with van der Waals surface area (Å²) in [6.07, 6.45) is 0.748. The summed E-state index contributed by atoms with van der Waals surface area (Å²) in [4.78, 5) is 38.9. The molecule has 9 nitrogen and oxygen atoms in total. The molecule has 0 saturated carbocycles. The van der Waals surface area contributed by atoms with Gasteiger partial charge in [0.05, 0.1) is 12.9 Å². The van der Waals surface area contributed by atoms with Crippen LogP contribution in [0.1, 0.15) is 19.8 Å². The maximum Gasteiger partial charge on any atom is 0.409 e. The van der Waals surface area contributed by atoms with Gasteiger partial charge in [-0.2, -0.15) is 0 Å². The van der Waals surface area contributed by atoms with E-state index in [1.165, 1.54) is 9.80 Å². The van der Waals surface area contributed by atoms with Crippen LogP contribution in [0, 0.1) is 0 Å². The SMILES string of the molecule is CCOC(=O)N1CCN(C(=O)C2CCC(=O)N2S(C)(=O)=O)CC1. The Kier molecular flexibility index (Phi) is 5.12. The molecule has 2 rings (SSSR count). The zero-order chi connectivity index (χ0) is 17.2. The molecule has 0 aliphatic carbocycles. The van der Waals surface area contributed by atoms with Gasteiger partial charge in [-0.3, -0.25) is 9.59 Å². The van der Waals surface area contributed by atoms with Gasteiger partial charge in [-0.25, -0.2) is 17.5 Å². The molecular weight excluding hydrogens is 326 g/mol. The molecule has 2 heterocycles. The van der Waals surface area contributed by atoms with E-state index in [1.807, 2.05) is 0 Å². The number of carbonyl (C=O) groups is 3. The number of amides is 3. The van der Waals surface area contributed by atoms with Crippen molar-refractivity contribution in [3.8, 4) is 0 Å². The molecular formula is C13H21N3O6S. The second kappa shape index (κ2) is 6.73. The third-order valence-corrected chi connectivity index (χ3v) is 5.09. The minimum Gasteiger partial charge on any atom is -0.450 e. The Balaban J connectivity index is 2.00. The van der Waals surface area contributed by atoms with Gasteiger partial charge in [0.1, 0.15) is 6.04 Å². The van der Waals surface area contributed by atoms with E-state index in [9.17, 15) is 22.8 Å². The molecule has 23 heavy (non-hydrogen) atoms. The molecule has 10 heteroatoms. The average Bonchev–Trinajstić information content (AvgIpc) is 2.89. The second-order valence-corrected chi connectivity index (χ2v) is 7.38. The molecule has 2 fully saturated rings. The van der Waals surface area contributed by atoms with Crippen LogP contribution in [0.3, 0.4) is 0 Å². The van der Waals surface area contributed by atoms with Gasteiger partial charge in [-0.1, -0.05) is 0 Å².